The van der Waals surface area contributed by atoms with Crippen LogP contribution in [0.2, 0.25) is 0 Å². The number of unbranched alkanes of at least 4 members (excludes halogenated alkanes) is 1. The molecule has 1 aromatic heterocycles. The normalized spacial score (nSPS) is 11.5. The molecule has 1 aromatic rings. The predicted molar refractivity (Wildman–Crippen MR) is 59.7 cm³/mol. The molecule has 0 aromatic carbocycles. The largest absolute Gasteiger partial charge is 0.463 e. The van der Waals surface area contributed by atoms with Gasteiger partial charge in [-0.25, -0.2) is 4.98 Å². The van der Waals surface area contributed by atoms with Crippen LogP contribution in [-0.2, 0) is 0 Å². The number of nitrogens with two attached hydrogens (primary N) is 1. The number of nitrogens with zero attached hydrogens (tertiary/aromatic N) is 3. The van der Waals surface area contributed by atoms with Gasteiger partial charge in [-0.2, -0.15) is 4.98 Å². The fraction of sp³-hybridized carbons (Fsp3) is 0.500. The molecule has 3 N–H and O–H groups in total. The minimum atomic E-state index is -0.0501. The second kappa shape index (κ2) is 5.89. The smallest absolute Gasteiger partial charge is 0.317 e. The summed E-state index contributed by atoms with van der Waals surface area (Å²) in [6.07, 6.45) is 1.98. The molecule has 0 aliphatic heterocycles. The molecular weight excluding hydrogens is 208 g/mol. The fourth-order valence-corrected chi connectivity index (χ4v) is 1.10. The predicted octanol–water partition coefficient (Wildman–Crippen LogP) is 1.06. The van der Waals surface area contributed by atoms with Crippen LogP contribution in [0, 0.1) is 6.92 Å². The zero-order valence-electron chi connectivity index (χ0n) is 9.47. The third-order valence-corrected chi connectivity index (χ3v) is 1.93. The lowest BCUT2D eigenvalue weighted by atomic mass is 10.3. The van der Waals surface area contributed by atoms with Crippen LogP contribution in [0.3, 0.4) is 0 Å². The summed E-state index contributed by atoms with van der Waals surface area (Å²) >= 11 is 0. The maximum absolute atomic E-state index is 8.55. The molecule has 0 unspecified atom stereocenters. The van der Waals surface area contributed by atoms with Gasteiger partial charge in [0.1, 0.15) is 5.69 Å². The highest BCUT2D eigenvalue weighted by Crippen LogP contribution is 2.07. The molecule has 16 heavy (non-hydrogen) atoms. The summed E-state index contributed by atoms with van der Waals surface area (Å²) in [5.74, 6) is -0.0501. The third-order valence-electron chi connectivity index (χ3n) is 1.93. The number of aromatic nitrogens is 2. The summed E-state index contributed by atoms with van der Waals surface area (Å²) in [7, 11) is 0. The Kier molecular flexibility index (Phi) is 4.50. The van der Waals surface area contributed by atoms with Gasteiger partial charge in [0.05, 0.1) is 6.61 Å². The number of hydrogen-bond donors (Lipinski definition) is 2. The van der Waals surface area contributed by atoms with Crippen LogP contribution in [-0.4, -0.2) is 27.6 Å². The molecule has 0 atom stereocenters. The first-order chi connectivity index (χ1) is 7.67. The Bertz CT molecular complexity index is 379. The first-order valence-electron chi connectivity index (χ1n) is 5.13. The van der Waals surface area contributed by atoms with Crippen LogP contribution >= 0.6 is 0 Å². The van der Waals surface area contributed by atoms with E-state index < -0.39 is 0 Å². The van der Waals surface area contributed by atoms with Crippen LogP contribution in [0.15, 0.2) is 11.2 Å². The van der Waals surface area contributed by atoms with Crippen LogP contribution < -0.4 is 10.5 Å². The monoisotopic (exact) mass is 224 g/mol. The Morgan fingerprint density at radius 1 is 1.56 bits per heavy atom. The quantitative estimate of drug-likeness (QED) is 0.256. The lowest BCUT2D eigenvalue weighted by molar-refractivity contribution is 0.284. The van der Waals surface area contributed by atoms with Crippen molar-refractivity contribution < 1.29 is 9.94 Å². The topological polar surface area (TPSA) is 93.6 Å². The van der Waals surface area contributed by atoms with Crippen molar-refractivity contribution in [3.8, 4) is 6.01 Å². The Balaban J connectivity index is 2.82. The number of rotatable bonds is 5. The van der Waals surface area contributed by atoms with Crippen molar-refractivity contribution in [1.82, 2.24) is 9.97 Å². The van der Waals surface area contributed by atoms with Crippen molar-refractivity contribution in [1.29, 1.82) is 0 Å². The van der Waals surface area contributed by atoms with Gasteiger partial charge in [-0.15, -0.1) is 0 Å². The van der Waals surface area contributed by atoms with E-state index in [1.165, 1.54) is 0 Å². The zero-order valence-corrected chi connectivity index (χ0v) is 9.47. The Hall–Kier alpha value is -1.85. The second-order valence-corrected chi connectivity index (χ2v) is 3.36. The van der Waals surface area contributed by atoms with E-state index in [4.69, 9.17) is 15.7 Å². The summed E-state index contributed by atoms with van der Waals surface area (Å²) in [5.41, 5.74) is 6.51. The number of oxime groups is 1. The molecule has 0 saturated heterocycles. The SMILES string of the molecule is CCCCOc1nc(C)cc(/C(N)=N/O)n1. The third kappa shape index (κ3) is 3.38. The molecule has 88 valence electrons. The van der Waals surface area contributed by atoms with E-state index in [0.29, 0.717) is 18.0 Å². The molecule has 6 nitrogen and oxygen atoms in total. The van der Waals surface area contributed by atoms with Crippen LogP contribution in [0.1, 0.15) is 31.2 Å². The first kappa shape index (κ1) is 12.2. The minimum Gasteiger partial charge on any atom is -0.463 e. The van der Waals surface area contributed by atoms with E-state index >= 15 is 0 Å². The minimum absolute atomic E-state index is 0.0501. The van der Waals surface area contributed by atoms with Gasteiger partial charge in [-0.1, -0.05) is 18.5 Å². The summed E-state index contributed by atoms with van der Waals surface area (Å²) in [6, 6.07) is 1.89. The number of amidine groups is 1. The molecule has 0 spiro atoms. The summed E-state index contributed by atoms with van der Waals surface area (Å²) < 4.78 is 5.35. The van der Waals surface area contributed by atoms with E-state index in [1.807, 2.05) is 0 Å². The lowest BCUT2D eigenvalue weighted by Gasteiger charge is -2.06. The first-order valence-corrected chi connectivity index (χ1v) is 5.13. The van der Waals surface area contributed by atoms with Crippen molar-refractivity contribution in [2.24, 2.45) is 10.9 Å². The van der Waals surface area contributed by atoms with E-state index in [-0.39, 0.29) is 11.8 Å². The van der Waals surface area contributed by atoms with Gasteiger partial charge in [-0.05, 0) is 19.4 Å². The van der Waals surface area contributed by atoms with Crippen molar-refractivity contribution in [2.45, 2.75) is 26.7 Å². The Labute approximate surface area is 94.2 Å². The molecule has 1 heterocycles. The maximum Gasteiger partial charge on any atom is 0.317 e. The van der Waals surface area contributed by atoms with Crippen molar-refractivity contribution >= 4 is 5.84 Å². The molecular formula is C10H16N4O2. The van der Waals surface area contributed by atoms with E-state index in [0.717, 1.165) is 12.8 Å². The van der Waals surface area contributed by atoms with Gasteiger partial charge in [0.2, 0.25) is 0 Å². The van der Waals surface area contributed by atoms with Crippen molar-refractivity contribution in [2.75, 3.05) is 6.61 Å². The highest BCUT2D eigenvalue weighted by molar-refractivity contribution is 5.95. The molecule has 0 amide bonds. The number of ether oxygens (including phenoxy) is 1. The van der Waals surface area contributed by atoms with E-state index in [9.17, 15) is 0 Å². The van der Waals surface area contributed by atoms with Gasteiger partial charge in [0.15, 0.2) is 5.84 Å². The van der Waals surface area contributed by atoms with Gasteiger partial charge >= 0.3 is 6.01 Å². The number of hydrogen-bond acceptors (Lipinski definition) is 5. The average molecular weight is 224 g/mol. The summed E-state index contributed by atoms with van der Waals surface area (Å²) in [6.45, 7) is 4.43. The van der Waals surface area contributed by atoms with Gasteiger partial charge < -0.3 is 15.7 Å². The highest BCUT2D eigenvalue weighted by atomic mass is 16.5. The Morgan fingerprint density at radius 3 is 2.94 bits per heavy atom. The average Bonchev–Trinajstić information content (AvgIpc) is 2.27. The summed E-state index contributed by atoms with van der Waals surface area (Å²) in [5, 5.41) is 11.4. The fourth-order valence-electron chi connectivity index (χ4n) is 1.10. The van der Waals surface area contributed by atoms with Crippen molar-refractivity contribution in [3.63, 3.8) is 0 Å². The maximum atomic E-state index is 8.55. The molecule has 0 aliphatic carbocycles. The molecule has 0 aliphatic rings. The molecule has 1 rings (SSSR count). The second-order valence-electron chi connectivity index (χ2n) is 3.36. The van der Waals surface area contributed by atoms with E-state index in [2.05, 4.69) is 22.0 Å². The number of aryl methyl sites for hydroxylation is 1. The van der Waals surface area contributed by atoms with Gasteiger partial charge in [0, 0.05) is 5.69 Å². The molecule has 0 radical (unpaired) electrons. The molecule has 6 heteroatoms. The van der Waals surface area contributed by atoms with Gasteiger partial charge in [0.25, 0.3) is 0 Å². The van der Waals surface area contributed by atoms with E-state index in [1.54, 1.807) is 13.0 Å². The van der Waals surface area contributed by atoms with Crippen LogP contribution in [0.4, 0.5) is 0 Å². The molecule has 0 bridgehead atoms. The van der Waals surface area contributed by atoms with Crippen LogP contribution in [0.25, 0.3) is 0 Å². The van der Waals surface area contributed by atoms with Crippen LogP contribution in [0.5, 0.6) is 6.01 Å². The van der Waals surface area contributed by atoms with Gasteiger partial charge in [-0.3, -0.25) is 0 Å². The van der Waals surface area contributed by atoms with Crippen molar-refractivity contribution in [3.05, 3.63) is 17.5 Å². The molecule has 0 saturated carbocycles. The zero-order chi connectivity index (χ0) is 12.0. The standard InChI is InChI=1S/C10H16N4O2/c1-3-4-5-16-10-12-7(2)6-8(13-10)9(11)14-15/h6,15H,3-5H2,1-2H3,(H2,11,14). The Morgan fingerprint density at radius 2 is 2.31 bits per heavy atom. The summed E-state index contributed by atoms with van der Waals surface area (Å²) in [4.78, 5) is 8.12. The highest BCUT2D eigenvalue weighted by Gasteiger charge is 2.06. The lowest BCUT2D eigenvalue weighted by Crippen LogP contribution is -2.16. The molecule has 0 fully saturated rings.